The zero-order chi connectivity index (χ0) is 22.8. The molecule has 1 aromatic heterocycles. The van der Waals surface area contributed by atoms with E-state index in [1.807, 2.05) is 23.6 Å². The summed E-state index contributed by atoms with van der Waals surface area (Å²) in [4.78, 5) is 28.3. The van der Waals surface area contributed by atoms with Gasteiger partial charge < -0.3 is 19.5 Å². The number of aliphatic hydroxyl groups excluding tert-OH is 1. The number of nitrogens with zero attached hydrogens (tertiary/aromatic N) is 1. The molecule has 8 heteroatoms. The number of methoxy groups -OCH3 is 2. The average Bonchev–Trinajstić information content (AvgIpc) is 3.42. The van der Waals surface area contributed by atoms with Crippen molar-refractivity contribution in [3.63, 3.8) is 0 Å². The standard InChI is InChI=1S/C24H20ClNO5S/c1-30-17-10-5-14(12-18(17)31-2)13-26-21(19-4-3-11-32-19)20(23(28)24(26)29)22(27)15-6-8-16(25)9-7-15/h3-12,21,27H,13H2,1-2H3/b22-20-. The maximum absolute atomic E-state index is 13.1. The number of likely N-dealkylation sites (tertiary alicyclic amines) is 1. The molecule has 1 aliphatic heterocycles. The Morgan fingerprint density at radius 1 is 1.06 bits per heavy atom. The lowest BCUT2D eigenvalue weighted by Gasteiger charge is -2.24. The highest BCUT2D eigenvalue weighted by Gasteiger charge is 2.46. The average molecular weight is 470 g/mol. The van der Waals surface area contributed by atoms with Crippen LogP contribution in [0.15, 0.2) is 65.6 Å². The second-order valence-corrected chi connectivity index (χ2v) is 8.55. The highest BCUT2D eigenvalue weighted by atomic mass is 35.5. The molecule has 4 rings (SSSR count). The molecule has 2 heterocycles. The summed E-state index contributed by atoms with van der Waals surface area (Å²) in [6.07, 6.45) is 0. The summed E-state index contributed by atoms with van der Waals surface area (Å²) in [7, 11) is 3.08. The molecule has 0 spiro atoms. The van der Waals surface area contributed by atoms with Crippen molar-refractivity contribution in [1.29, 1.82) is 0 Å². The van der Waals surface area contributed by atoms with Crippen LogP contribution in [0.4, 0.5) is 0 Å². The molecule has 32 heavy (non-hydrogen) atoms. The molecular weight excluding hydrogens is 450 g/mol. The van der Waals surface area contributed by atoms with Crippen LogP contribution in [0.3, 0.4) is 0 Å². The zero-order valence-electron chi connectivity index (χ0n) is 17.4. The van der Waals surface area contributed by atoms with E-state index in [-0.39, 0.29) is 17.9 Å². The van der Waals surface area contributed by atoms with E-state index >= 15 is 0 Å². The number of aliphatic hydroxyl groups is 1. The minimum Gasteiger partial charge on any atom is -0.507 e. The molecule has 1 fully saturated rings. The van der Waals surface area contributed by atoms with Crippen LogP contribution < -0.4 is 9.47 Å². The van der Waals surface area contributed by atoms with E-state index in [9.17, 15) is 14.7 Å². The lowest BCUT2D eigenvalue weighted by molar-refractivity contribution is -0.140. The molecule has 1 amide bonds. The van der Waals surface area contributed by atoms with E-state index in [0.29, 0.717) is 22.1 Å². The summed E-state index contributed by atoms with van der Waals surface area (Å²) in [5.41, 5.74) is 1.23. The Balaban J connectivity index is 1.79. The molecule has 1 saturated heterocycles. The van der Waals surface area contributed by atoms with Crippen molar-refractivity contribution < 1.29 is 24.2 Å². The monoisotopic (exact) mass is 469 g/mol. The molecule has 1 aliphatic rings. The molecule has 1 atom stereocenters. The number of thiophene rings is 1. The van der Waals surface area contributed by atoms with Gasteiger partial charge in [-0.1, -0.05) is 23.7 Å². The summed E-state index contributed by atoms with van der Waals surface area (Å²) >= 11 is 7.37. The Bertz CT molecular complexity index is 1190. The van der Waals surface area contributed by atoms with Crippen molar-refractivity contribution in [2.75, 3.05) is 14.2 Å². The number of ether oxygens (including phenoxy) is 2. The van der Waals surface area contributed by atoms with Crippen molar-refractivity contribution in [2.45, 2.75) is 12.6 Å². The second-order valence-electron chi connectivity index (χ2n) is 7.14. The Kier molecular flexibility index (Phi) is 6.21. The normalized spacial score (nSPS) is 17.6. The number of amides is 1. The van der Waals surface area contributed by atoms with Crippen molar-refractivity contribution in [2.24, 2.45) is 0 Å². The molecular formula is C24H20ClNO5S. The van der Waals surface area contributed by atoms with Gasteiger partial charge in [-0.25, -0.2) is 0 Å². The van der Waals surface area contributed by atoms with Gasteiger partial charge in [0.2, 0.25) is 0 Å². The number of halogens is 1. The van der Waals surface area contributed by atoms with E-state index in [1.165, 1.54) is 23.3 Å². The third-order valence-electron chi connectivity index (χ3n) is 5.27. The second kappa shape index (κ2) is 9.06. The lowest BCUT2D eigenvalue weighted by atomic mass is 10.00. The Hall–Kier alpha value is -3.29. The van der Waals surface area contributed by atoms with Gasteiger partial charge in [-0.05, 0) is 53.4 Å². The van der Waals surface area contributed by atoms with Gasteiger partial charge in [0, 0.05) is 22.0 Å². The number of benzene rings is 2. The number of rotatable bonds is 6. The summed E-state index contributed by atoms with van der Waals surface area (Å²) in [5, 5.41) is 13.4. The van der Waals surface area contributed by atoms with Crippen LogP contribution in [0.2, 0.25) is 5.02 Å². The molecule has 0 radical (unpaired) electrons. The number of Topliss-reactive ketones (excluding diaryl/α,β-unsaturated/α-hetero) is 1. The quantitative estimate of drug-likeness (QED) is 0.311. The third kappa shape index (κ3) is 3.97. The first-order chi connectivity index (χ1) is 15.4. The van der Waals surface area contributed by atoms with Gasteiger partial charge in [0.1, 0.15) is 5.76 Å². The van der Waals surface area contributed by atoms with Gasteiger partial charge >= 0.3 is 0 Å². The van der Waals surface area contributed by atoms with Crippen molar-refractivity contribution >= 4 is 40.4 Å². The van der Waals surface area contributed by atoms with Gasteiger partial charge in [0.05, 0.1) is 25.8 Å². The molecule has 2 aromatic carbocycles. The Morgan fingerprint density at radius 2 is 1.78 bits per heavy atom. The Morgan fingerprint density at radius 3 is 2.41 bits per heavy atom. The van der Waals surface area contributed by atoms with Crippen LogP contribution in [0.5, 0.6) is 11.5 Å². The predicted molar refractivity (Wildman–Crippen MR) is 123 cm³/mol. The number of carbonyl (C=O) groups is 2. The van der Waals surface area contributed by atoms with Crippen LogP contribution in [0.25, 0.3) is 5.76 Å². The van der Waals surface area contributed by atoms with Crippen LogP contribution in [0.1, 0.15) is 22.0 Å². The SMILES string of the molecule is COc1ccc(CN2C(=O)C(=O)/C(=C(\O)c3ccc(Cl)cc3)C2c2cccs2)cc1OC. The van der Waals surface area contributed by atoms with Gasteiger partial charge in [-0.2, -0.15) is 0 Å². The number of ketones is 1. The summed E-state index contributed by atoms with van der Waals surface area (Å²) in [6.45, 7) is 0.158. The van der Waals surface area contributed by atoms with E-state index < -0.39 is 17.7 Å². The first-order valence-corrected chi connectivity index (χ1v) is 11.0. The molecule has 1 unspecified atom stereocenters. The molecule has 0 saturated carbocycles. The predicted octanol–water partition coefficient (Wildman–Crippen LogP) is 5.04. The summed E-state index contributed by atoms with van der Waals surface area (Å²) < 4.78 is 10.6. The molecule has 0 bridgehead atoms. The van der Waals surface area contributed by atoms with Crippen LogP contribution >= 0.6 is 22.9 Å². The highest BCUT2D eigenvalue weighted by Crippen LogP contribution is 2.42. The van der Waals surface area contributed by atoms with Crippen molar-refractivity contribution in [1.82, 2.24) is 4.90 Å². The molecule has 6 nitrogen and oxygen atoms in total. The minimum absolute atomic E-state index is 0.0558. The van der Waals surface area contributed by atoms with Gasteiger partial charge in [-0.15, -0.1) is 11.3 Å². The smallest absolute Gasteiger partial charge is 0.295 e. The molecule has 3 aromatic rings. The maximum Gasteiger partial charge on any atom is 0.295 e. The first kappa shape index (κ1) is 21.9. The number of hydrogen-bond donors (Lipinski definition) is 1. The number of hydrogen-bond acceptors (Lipinski definition) is 6. The van der Waals surface area contributed by atoms with Crippen LogP contribution in [0, 0.1) is 0 Å². The minimum atomic E-state index is -0.726. The number of carbonyl (C=O) groups excluding carboxylic acids is 2. The van der Waals surface area contributed by atoms with E-state index in [0.717, 1.165) is 10.4 Å². The van der Waals surface area contributed by atoms with E-state index in [4.69, 9.17) is 21.1 Å². The fraction of sp³-hybridized carbons (Fsp3) is 0.167. The first-order valence-electron chi connectivity index (χ1n) is 9.73. The largest absolute Gasteiger partial charge is 0.507 e. The van der Waals surface area contributed by atoms with Crippen molar-refractivity contribution in [3.05, 3.63) is 86.6 Å². The lowest BCUT2D eigenvalue weighted by Crippen LogP contribution is -2.28. The molecule has 164 valence electrons. The molecule has 0 aliphatic carbocycles. The van der Waals surface area contributed by atoms with Gasteiger partial charge in [-0.3, -0.25) is 9.59 Å². The van der Waals surface area contributed by atoms with Gasteiger partial charge in [0.25, 0.3) is 11.7 Å². The fourth-order valence-corrected chi connectivity index (χ4v) is 4.70. The van der Waals surface area contributed by atoms with Crippen LogP contribution in [-0.4, -0.2) is 35.9 Å². The molecule has 1 N–H and O–H groups in total. The fourth-order valence-electron chi connectivity index (χ4n) is 3.72. The van der Waals surface area contributed by atoms with E-state index in [1.54, 1.807) is 43.5 Å². The van der Waals surface area contributed by atoms with Crippen LogP contribution in [-0.2, 0) is 16.1 Å². The Labute approximate surface area is 194 Å². The van der Waals surface area contributed by atoms with Crippen molar-refractivity contribution in [3.8, 4) is 11.5 Å². The summed E-state index contributed by atoms with van der Waals surface area (Å²) in [6, 6.07) is 14.8. The third-order valence-corrected chi connectivity index (χ3v) is 6.45. The highest BCUT2D eigenvalue weighted by molar-refractivity contribution is 7.10. The van der Waals surface area contributed by atoms with E-state index in [2.05, 4.69) is 0 Å². The maximum atomic E-state index is 13.1. The summed E-state index contributed by atoms with van der Waals surface area (Å²) in [5.74, 6) is -0.537. The topological polar surface area (TPSA) is 76.1 Å². The van der Waals surface area contributed by atoms with Gasteiger partial charge in [0.15, 0.2) is 11.5 Å². The zero-order valence-corrected chi connectivity index (χ0v) is 18.9.